The van der Waals surface area contributed by atoms with Crippen LogP contribution in [-0.4, -0.2) is 71.9 Å². The third-order valence-electron chi connectivity index (χ3n) is 5.04. The molecule has 1 aliphatic heterocycles. The van der Waals surface area contributed by atoms with E-state index in [4.69, 9.17) is 10.5 Å². The molecule has 150 valence electrons. The molecule has 1 saturated carbocycles. The number of hydrogen-bond donors (Lipinski definition) is 2. The SMILES string of the molecule is C=CC(=O)N(C)C[C@H](NC(=O)OC1CCCC1)C(=O)N1CCCC1C(N)=O. The van der Waals surface area contributed by atoms with Crippen LogP contribution in [0.2, 0.25) is 0 Å². The van der Waals surface area contributed by atoms with Crippen LogP contribution in [-0.2, 0) is 19.1 Å². The Hall–Kier alpha value is -2.58. The molecule has 2 aliphatic rings. The van der Waals surface area contributed by atoms with E-state index < -0.39 is 30.0 Å². The van der Waals surface area contributed by atoms with Gasteiger partial charge in [0.1, 0.15) is 18.2 Å². The monoisotopic (exact) mass is 380 g/mol. The largest absolute Gasteiger partial charge is 0.446 e. The van der Waals surface area contributed by atoms with E-state index in [1.165, 1.54) is 16.8 Å². The van der Waals surface area contributed by atoms with Crippen LogP contribution in [0.3, 0.4) is 0 Å². The van der Waals surface area contributed by atoms with Crippen molar-refractivity contribution in [3.05, 3.63) is 12.7 Å². The number of amides is 4. The predicted molar refractivity (Wildman–Crippen MR) is 97.4 cm³/mol. The fraction of sp³-hybridized carbons (Fsp3) is 0.667. The Bertz CT molecular complexity index is 603. The molecule has 0 aromatic heterocycles. The van der Waals surface area contributed by atoms with Gasteiger partial charge in [0, 0.05) is 13.6 Å². The highest BCUT2D eigenvalue weighted by Gasteiger charge is 2.37. The van der Waals surface area contributed by atoms with E-state index in [0.29, 0.717) is 19.4 Å². The number of ether oxygens (including phenoxy) is 1. The molecule has 0 bridgehead atoms. The molecular formula is C18H28N4O5. The Kier molecular flexibility index (Phi) is 7.20. The summed E-state index contributed by atoms with van der Waals surface area (Å²) in [5.74, 6) is -1.42. The number of likely N-dealkylation sites (N-methyl/N-ethyl adjacent to an activating group) is 1. The van der Waals surface area contributed by atoms with Gasteiger partial charge in [-0.2, -0.15) is 0 Å². The summed E-state index contributed by atoms with van der Waals surface area (Å²) >= 11 is 0. The van der Waals surface area contributed by atoms with Gasteiger partial charge in [-0.05, 0) is 44.6 Å². The maximum absolute atomic E-state index is 13.0. The quantitative estimate of drug-likeness (QED) is 0.609. The maximum Gasteiger partial charge on any atom is 0.408 e. The normalized spacial score (nSPS) is 20.8. The Morgan fingerprint density at radius 1 is 1.26 bits per heavy atom. The third kappa shape index (κ3) is 5.45. The van der Waals surface area contributed by atoms with Gasteiger partial charge < -0.3 is 25.6 Å². The molecule has 1 heterocycles. The predicted octanol–water partition coefficient (Wildman–Crippen LogP) is 0.145. The Morgan fingerprint density at radius 2 is 1.93 bits per heavy atom. The lowest BCUT2D eigenvalue weighted by Crippen LogP contribution is -2.56. The second-order valence-electron chi connectivity index (χ2n) is 7.02. The number of nitrogens with zero attached hydrogens (tertiary/aromatic N) is 2. The topological polar surface area (TPSA) is 122 Å². The van der Waals surface area contributed by atoms with Crippen molar-refractivity contribution in [2.45, 2.75) is 56.7 Å². The van der Waals surface area contributed by atoms with Crippen molar-refractivity contribution in [2.24, 2.45) is 5.73 Å². The van der Waals surface area contributed by atoms with Crippen molar-refractivity contribution in [1.82, 2.24) is 15.1 Å². The van der Waals surface area contributed by atoms with Crippen LogP contribution in [0.15, 0.2) is 12.7 Å². The Balaban J connectivity index is 2.08. The van der Waals surface area contributed by atoms with Gasteiger partial charge in [0.2, 0.25) is 17.7 Å². The molecule has 4 amide bonds. The average Bonchev–Trinajstić information content (AvgIpc) is 3.31. The van der Waals surface area contributed by atoms with Crippen LogP contribution >= 0.6 is 0 Å². The van der Waals surface area contributed by atoms with Crippen molar-refractivity contribution in [2.75, 3.05) is 20.1 Å². The van der Waals surface area contributed by atoms with E-state index in [1.807, 2.05) is 0 Å². The summed E-state index contributed by atoms with van der Waals surface area (Å²) in [7, 11) is 1.50. The summed E-state index contributed by atoms with van der Waals surface area (Å²) < 4.78 is 5.36. The van der Waals surface area contributed by atoms with Crippen molar-refractivity contribution in [3.63, 3.8) is 0 Å². The highest BCUT2D eigenvalue weighted by atomic mass is 16.6. The number of carbonyl (C=O) groups is 4. The molecule has 27 heavy (non-hydrogen) atoms. The zero-order valence-corrected chi connectivity index (χ0v) is 15.7. The highest BCUT2D eigenvalue weighted by Crippen LogP contribution is 2.21. The number of alkyl carbamates (subject to hydrolysis) is 1. The smallest absolute Gasteiger partial charge is 0.408 e. The van der Waals surface area contributed by atoms with Crippen LogP contribution in [0.1, 0.15) is 38.5 Å². The number of rotatable bonds is 7. The van der Waals surface area contributed by atoms with Gasteiger partial charge in [0.25, 0.3) is 0 Å². The first kappa shape index (κ1) is 20.7. The molecule has 9 nitrogen and oxygen atoms in total. The lowest BCUT2D eigenvalue weighted by atomic mass is 10.1. The third-order valence-corrected chi connectivity index (χ3v) is 5.04. The van der Waals surface area contributed by atoms with Crippen molar-refractivity contribution >= 4 is 23.8 Å². The van der Waals surface area contributed by atoms with Crippen LogP contribution in [0.5, 0.6) is 0 Å². The molecule has 9 heteroatoms. The zero-order valence-electron chi connectivity index (χ0n) is 15.7. The van der Waals surface area contributed by atoms with Crippen LogP contribution in [0.25, 0.3) is 0 Å². The van der Waals surface area contributed by atoms with E-state index in [1.54, 1.807) is 0 Å². The van der Waals surface area contributed by atoms with Gasteiger partial charge in [0.05, 0.1) is 6.54 Å². The molecular weight excluding hydrogens is 352 g/mol. The van der Waals surface area contributed by atoms with Crippen LogP contribution in [0.4, 0.5) is 4.79 Å². The minimum atomic E-state index is -1.03. The van der Waals surface area contributed by atoms with E-state index in [0.717, 1.165) is 31.8 Å². The number of nitrogens with two attached hydrogens (primary N) is 1. The van der Waals surface area contributed by atoms with Gasteiger partial charge in [-0.15, -0.1) is 0 Å². The molecule has 2 fully saturated rings. The molecule has 0 spiro atoms. The molecule has 0 aromatic carbocycles. The van der Waals surface area contributed by atoms with Gasteiger partial charge in [-0.3, -0.25) is 14.4 Å². The molecule has 0 aromatic rings. The molecule has 3 N–H and O–H groups in total. The minimum absolute atomic E-state index is 0.0641. The molecule has 2 rings (SSSR count). The molecule has 1 saturated heterocycles. The Morgan fingerprint density at radius 3 is 2.52 bits per heavy atom. The van der Waals surface area contributed by atoms with Gasteiger partial charge in [0.15, 0.2) is 0 Å². The fourth-order valence-corrected chi connectivity index (χ4v) is 3.57. The van der Waals surface area contributed by atoms with Crippen molar-refractivity contribution in [3.8, 4) is 0 Å². The zero-order chi connectivity index (χ0) is 20.0. The first-order valence-electron chi connectivity index (χ1n) is 9.28. The maximum atomic E-state index is 13.0. The molecule has 2 atom stereocenters. The minimum Gasteiger partial charge on any atom is -0.446 e. The van der Waals surface area contributed by atoms with Gasteiger partial charge >= 0.3 is 6.09 Å². The highest BCUT2D eigenvalue weighted by molar-refractivity contribution is 5.92. The first-order valence-corrected chi connectivity index (χ1v) is 9.28. The number of hydrogen-bond acceptors (Lipinski definition) is 5. The number of likely N-dealkylation sites (tertiary alicyclic amines) is 1. The van der Waals surface area contributed by atoms with E-state index >= 15 is 0 Å². The van der Waals surface area contributed by atoms with Gasteiger partial charge in [-0.25, -0.2) is 4.79 Å². The molecule has 1 aliphatic carbocycles. The van der Waals surface area contributed by atoms with E-state index in [2.05, 4.69) is 11.9 Å². The van der Waals surface area contributed by atoms with Crippen LogP contribution in [0, 0.1) is 0 Å². The first-order chi connectivity index (χ1) is 12.8. The lowest BCUT2D eigenvalue weighted by Gasteiger charge is -2.30. The summed E-state index contributed by atoms with van der Waals surface area (Å²) in [6.07, 6.45) is 5.03. The summed E-state index contributed by atoms with van der Waals surface area (Å²) in [4.78, 5) is 51.3. The van der Waals surface area contributed by atoms with Crippen LogP contribution < -0.4 is 11.1 Å². The van der Waals surface area contributed by atoms with E-state index in [9.17, 15) is 19.2 Å². The second kappa shape index (κ2) is 9.38. The number of carbonyl (C=O) groups excluding carboxylic acids is 4. The average molecular weight is 380 g/mol. The summed E-state index contributed by atoms with van der Waals surface area (Å²) in [5, 5.41) is 2.56. The standard InChI is InChI=1S/C18H28N4O5/c1-3-15(23)21(2)11-13(20-18(26)27-12-7-4-5-8-12)17(25)22-10-6-9-14(22)16(19)24/h3,12-14H,1,4-11H2,2H3,(H2,19,24)(H,20,26)/t13-,14?/m0/s1. The summed E-state index contributed by atoms with van der Waals surface area (Å²) in [5.41, 5.74) is 5.38. The summed E-state index contributed by atoms with van der Waals surface area (Å²) in [6, 6.07) is -1.74. The molecule has 0 radical (unpaired) electrons. The fourth-order valence-electron chi connectivity index (χ4n) is 3.57. The molecule has 1 unspecified atom stereocenters. The number of nitrogens with one attached hydrogen (secondary N) is 1. The van der Waals surface area contributed by atoms with E-state index in [-0.39, 0.29) is 18.6 Å². The van der Waals surface area contributed by atoms with Gasteiger partial charge in [-0.1, -0.05) is 6.58 Å². The lowest BCUT2D eigenvalue weighted by molar-refractivity contribution is -0.139. The van der Waals surface area contributed by atoms with Crippen molar-refractivity contribution < 1.29 is 23.9 Å². The van der Waals surface area contributed by atoms with Crippen molar-refractivity contribution in [1.29, 1.82) is 0 Å². The number of primary amides is 1. The Labute approximate surface area is 158 Å². The second-order valence-corrected chi connectivity index (χ2v) is 7.02. The summed E-state index contributed by atoms with van der Waals surface area (Å²) in [6.45, 7) is 3.73.